The van der Waals surface area contributed by atoms with E-state index in [0.29, 0.717) is 6.04 Å². The highest BCUT2D eigenvalue weighted by Gasteiger charge is 2.36. The molecule has 4 rings (SSSR count). The van der Waals surface area contributed by atoms with Crippen LogP contribution >= 0.6 is 0 Å². The van der Waals surface area contributed by atoms with Crippen LogP contribution in [-0.2, 0) is 11.2 Å². The van der Waals surface area contributed by atoms with E-state index >= 15 is 0 Å². The summed E-state index contributed by atoms with van der Waals surface area (Å²) < 4.78 is 0. The smallest absolute Gasteiger partial charge is 0.230 e. The predicted molar refractivity (Wildman–Crippen MR) is 101 cm³/mol. The number of nitrogens with one attached hydrogen (secondary N) is 1. The third kappa shape index (κ3) is 2.68. The first-order chi connectivity index (χ1) is 11.6. The standard InChI is InChI=1S/C20H25N3O.H2O/c1-4-23(5-2)20(24)14-9-16-15-7-6-8-17-19(15)13(11-21-17)10-18(16)22(3)12-14;/h6-9,11,14,18,21H,4-5,10,12H2,1-3H3;1H2/t14-,18-;/m1./s1. The van der Waals surface area contributed by atoms with Crippen LogP contribution < -0.4 is 0 Å². The second kappa shape index (κ2) is 6.65. The Bertz CT molecular complexity index is 819. The van der Waals surface area contributed by atoms with Crippen molar-refractivity contribution in [1.82, 2.24) is 14.8 Å². The Morgan fingerprint density at radius 3 is 2.80 bits per heavy atom. The Hall–Kier alpha value is -2.11. The van der Waals surface area contributed by atoms with E-state index in [1.807, 2.05) is 4.90 Å². The first kappa shape index (κ1) is 17.7. The van der Waals surface area contributed by atoms with Gasteiger partial charge in [-0.25, -0.2) is 0 Å². The van der Waals surface area contributed by atoms with Crippen molar-refractivity contribution in [1.29, 1.82) is 0 Å². The Balaban J connectivity index is 0.00000182. The van der Waals surface area contributed by atoms with E-state index in [9.17, 15) is 4.79 Å². The third-order valence-corrected chi connectivity index (χ3v) is 5.66. The molecular formula is C20H27N3O2. The number of carbonyl (C=O) groups is 1. The van der Waals surface area contributed by atoms with E-state index in [1.165, 1.54) is 27.6 Å². The molecule has 1 aliphatic carbocycles. The zero-order valence-electron chi connectivity index (χ0n) is 15.2. The molecule has 0 saturated carbocycles. The minimum Gasteiger partial charge on any atom is -0.412 e. The molecule has 1 aromatic carbocycles. The van der Waals surface area contributed by atoms with Gasteiger partial charge in [0, 0.05) is 42.8 Å². The molecule has 5 heteroatoms. The number of amides is 1. The lowest BCUT2D eigenvalue weighted by atomic mass is 9.79. The molecule has 2 atom stereocenters. The number of benzene rings is 1. The number of aromatic nitrogens is 1. The zero-order chi connectivity index (χ0) is 16.8. The van der Waals surface area contributed by atoms with Gasteiger partial charge >= 0.3 is 0 Å². The largest absolute Gasteiger partial charge is 0.412 e. The fraction of sp³-hybridized carbons (Fsp3) is 0.450. The minimum absolute atomic E-state index is 0. The van der Waals surface area contributed by atoms with E-state index in [1.54, 1.807) is 0 Å². The summed E-state index contributed by atoms with van der Waals surface area (Å²) in [5.74, 6) is 0.210. The highest BCUT2D eigenvalue weighted by Crippen LogP contribution is 2.40. The number of H-pyrrole nitrogens is 1. The quantitative estimate of drug-likeness (QED) is 0.928. The van der Waals surface area contributed by atoms with E-state index in [0.717, 1.165) is 26.1 Å². The maximum atomic E-state index is 12.9. The molecule has 5 nitrogen and oxygen atoms in total. The van der Waals surface area contributed by atoms with E-state index in [2.05, 4.69) is 61.3 Å². The Kier molecular flexibility index (Phi) is 4.71. The van der Waals surface area contributed by atoms with Crippen molar-refractivity contribution in [3.8, 4) is 0 Å². The number of carbonyl (C=O) groups excluding carboxylic acids is 1. The lowest BCUT2D eigenvalue weighted by Crippen LogP contribution is -2.47. The molecule has 0 unspecified atom stereocenters. The monoisotopic (exact) mass is 341 g/mol. The predicted octanol–water partition coefficient (Wildman–Crippen LogP) is 2.08. The third-order valence-electron chi connectivity index (χ3n) is 5.66. The van der Waals surface area contributed by atoms with E-state index in [4.69, 9.17) is 0 Å². The molecule has 0 fully saturated rings. The number of aromatic amines is 1. The summed E-state index contributed by atoms with van der Waals surface area (Å²) in [6.45, 7) is 6.47. The average molecular weight is 341 g/mol. The van der Waals surface area contributed by atoms with Crippen molar-refractivity contribution >= 4 is 22.4 Å². The van der Waals surface area contributed by atoms with Crippen LogP contribution in [0.2, 0.25) is 0 Å². The van der Waals surface area contributed by atoms with Crippen LogP contribution in [0, 0.1) is 5.92 Å². The van der Waals surface area contributed by atoms with Gasteiger partial charge in [0.25, 0.3) is 0 Å². The Morgan fingerprint density at radius 1 is 1.32 bits per heavy atom. The molecule has 0 radical (unpaired) electrons. The molecule has 1 aromatic heterocycles. The molecule has 1 aliphatic heterocycles. The van der Waals surface area contributed by atoms with Gasteiger partial charge in [0.15, 0.2) is 0 Å². The minimum atomic E-state index is -0.0445. The summed E-state index contributed by atoms with van der Waals surface area (Å²) in [7, 11) is 2.15. The van der Waals surface area contributed by atoms with Crippen LogP contribution in [0.25, 0.3) is 16.5 Å². The van der Waals surface area contributed by atoms with Crippen molar-refractivity contribution < 1.29 is 10.3 Å². The topological polar surface area (TPSA) is 70.8 Å². The van der Waals surface area contributed by atoms with Crippen molar-refractivity contribution in [3.63, 3.8) is 0 Å². The second-order valence-corrected chi connectivity index (χ2v) is 6.94. The molecule has 2 heterocycles. The van der Waals surface area contributed by atoms with Gasteiger partial charge in [-0.1, -0.05) is 18.2 Å². The molecular weight excluding hydrogens is 314 g/mol. The number of hydrogen-bond acceptors (Lipinski definition) is 2. The summed E-state index contributed by atoms with van der Waals surface area (Å²) >= 11 is 0. The molecule has 3 N–H and O–H groups in total. The van der Waals surface area contributed by atoms with Crippen LogP contribution in [0.1, 0.15) is 25.0 Å². The first-order valence-corrected chi connectivity index (χ1v) is 8.94. The van der Waals surface area contributed by atoms with Gasteiger partial charge in [0.05, 0.1) is 5.92 Å². The summed E-state index contributed by atoms with van der Waals surface area (Å²) in [4.78, 5) is 20.6. The molecule has 1 amide bonds. The Labute approximate surface area is 148 Å². The molecule has 2 aromatic rings. The van der Waals surface area contributed by atoms with Crippen LogP contribution in [-0.4, -0.2) is 58.9 Å². The summed E-state index contributed by atoms with van der Waals surface area (Å²) in [6, 6.07) is 6.82. The van der Waals surface area contributed by atoms with E-state index in [-0.39, 0.29) is 17.3 Å². The fourth-order valence-electron chi connectivity index (χ4n) is 4.38. The van der Waals surface area contributed by atoms with Crippen molar-refractivity contribution in [2.45, 2.75) is 26.3 Å². The van der Waals surface area contributed by atoms with Gasteiger partial charge in [-0.3, -0.25) is 9.69 Å². The summed E-state index contributed by atoms with van der Waals surface area (Å²) in [5, 5.41) is 1.34. The Morgan fingerprint density at radius 2 is 2.08 bits per heavy atom. The normalized spacial score (nSPS) is 22.1. The maximum absolute atomic E-state index is 12.9. The van der Waals surface area contributed by atoms with Crippen molar-refractivity contribution in [2.75, 3.05) is 26.7 Å². The van der Waals surface area contributed by atoms with Crippen LogP contribution in [0.5, 0.6) is 0 Å². The maximum Gasteiger partial charge on any atom is 0.230 e. The number of nitrogens with zero attached hydrogens (tertiary/aromatic N) is 2. The van der Waals surface area contributed by atoms with Crippen LogP contribution in [0.3, 0.4) is 0 Å². The molecule has 134 valence electrons. The van der Waals surface area contributed by atoms with Crippen LogP contribution in [0.4, 0.5) is 0 Å². The van der Waals surface area contributed by atoms with Gasteiger partial charge < -0.3 is 15.4 Å². The van der Waals surface area contributed by atoms with Crippen molar-refractivity contribution in [3.05, 3.63) is 41.6 Å². The number of fused-ring (bicyclic) bond motifs is 2. The summed E-state index contributed by atoms with van der Waals surface area (Å²) in [5.41, 5.74) is 5.21. The fourth-order valence-corrected chi connectivity index (χ4v) is 4.38. The molecule has 0 saturated heterocycles. The molecule has 0 bridgehead atoms. The highest BCUT2D eigenvalue weighted by atomic mass is 16.2. The lowest BCUT2D eigenvalue weighted by Gasteiger charge is -2.40. The second-order valence-electron chi connectivity index (χ2n) is 6.94. The van der Waals surface area contributed by atoms with Gasteiger partial charge in [0.1, 0.15) is 0 Å². The zero-order valence-corrected chi connectivity index (χ0v) is 15.2. The average Bonchev–Trinajstić information content (AvgIpc) is 3.01. The van der Waals surface area contributed by atoms with Gasteiger partial charge in [-0.05, 0) is 50.1 Å². The molecule has 2 aliphatic rings. The molecule has 0 spiro atoms. The number of likely N-dealkylation sites (N-methyl/N-ethyl adjacent to an activating group) is 1. The SMILES string of the molecule is CCN(CC)C(=O)[C@@H]1C=C2c3cccc4[nH]cc(c34)C[C@H]2N(C)C1.O. The van der Waals surface area contributed by atoms with Crippen molar-refractivity contribution in [2.24, 2.45) is 5.92 Å². The van der Waals surface area contributed by atoms with Gasteiger partial charge in [-0.2, -0.15) is 0 Å². The van der Waals surface area contributed by atoms with Gasteiger partial charge in [-0.15, -0.1) is 0 Å². The molecule has 25 heavy (non-hydrogen) atoms. The lowest BCUT2D eigenvalue weighted by molar-refractivity contribution is -0.134. The van der Waals surface area contributed by atoms with E-state index < -0.39 is 0 Å². The summed E-state index contributed by atoms with van der Waals surface area (Å²) in [6.07, 6.45) is 5.41. The first-order valence-electron chi connectivity index (χ1n) is 8.94. The van der Waals surface area contributed by atoms with Crippen LogP contribution in [0.15, 0.2) is 30.5 Å². The number of hydrogen-bond donors (Lipinski definition) is 1. The van der Waals surface area contributed by atoms with Gasteiger partial charge in [0.2, 0.25) is 5.91 Å². The highest BCUT2D eigenvalue weighted by molar-refractivity contribution is 5.99. The number of rotatable bonds is 3.